The van der Waals surface area contributed by atoms with Crippen LogP contribution < -0.4 is 0 Å². The molecule has 6 nitrogen and oxygen atoms in total. The van der Waals surface area contributed by atoms with Crippen LogP contribution in [0.5, 0.6) is 0 Å². The average Bonchev–Trinajstić information content (AvgIpc) is 2.53. The topological polar surface area (TPSA) is 70.1 Å². The fraction of sp³-hybridized carbons (Fsp3) is 0.500. The van der Waals surface area contributed by atoms with E-state index in [1.54, 1.807) is 14.1 Å². The number of rotatable bonds is 4. The quantitative estimate of drug-likeness (QED) is 0.921. The summed E-state index contributed by atoms with van der Waals surface area (Å²) in [5.74, 6) is -0.0663. The van der Waals surface area contributed by atoms with Crippen molar-refractivity contribution in [1.29, 1.82) is 0 Å². The summed E-state index contributed by atoms with van der Waals surface area (Å²) in [6.07, 6.45) is -0.252. The first kappa shape index (κ1) is 16.3. The lowest BCUT2D eigenvalue weighted by atomic mass is 10.0. The van der Waals surface area contributed by atoms with E-state index in [0.717, 1.165) is 5.56 Å². The number of benzene rings is 1. The monoisotopic (exact) mass is 306 g/mol. The van der Waals surface area contributed by atoms with Gasteiger partial charge in [-0.25, -0.2) is 4.79 Å². The van der Waals surface area contributed by atoms with E-state index >= 15 is 0 Å². The van der Waals surface area contributed by atoms with Crippen LogP contribution >= 0.6 is 0 Å². The van der Waals surface area contributed by atoms with Crippen molar-refractivity contribution in [3.63, 3.8) is 0 Å². The highest BCUT2D eigenvalue weighted by Crippen LogP contribution is 2.21. The lowest BCUT2D eigenvalue weighted by Crippen LogP contribution is -2.48. The smallest absolute Gasteiger partial charge is 0.407 e. The zero-order valence-corrected chi connectivity index (χ0v) is 12.9. The molecule has 1 heterocycles. The van der Waals surface area contributed by atoms with Gasteiger partial charge in [0.05, 0.1) is 12.6 Å². The zero-order valence-electron chi connectivity index (χ0n) is 12.9. The molecule has 2 atom stereocenters. The number of likely N-dealkylation sites (N-methyl/N-ethyl adjacent to an activating group) is 1. The molecule has 1 fully saturated rings. The summed E-state index contributed by atoms with van der Waals surface area (Å²) in [6.45, 7) is 0.583. The van der Waals surface area contributed by atoms with Crippen molar-refractivity contribution in [2.75, 3.05) is 20.7 Å². The minimum absolute atomic E-state index is 0.0663. The Kier molecular flexibility index (Phi) is 5.38. The Balaban J connectivity index is 1.97. The fourth-order valence-corrected chi connectivity index (χ4v) is 2.60. The molecular weight excluding hydrogens is 284 g/mol. The van der Waals surface area contributed by atoms with Crippen molar-refractivity contribution >= 4 is 12.0 Å². The Morgan fingerprint density at radius 3 is 2.41 bits per heavy atom. The van der Waals surface area contributed by atoms with Gasteiger partial charge in [0.25, 0.3) is 5.91 Å². The second-order valence-electron chi connectivity index (χ2n) is 5.68. The molecule has 2 rings (SSSR count). The molecule has 1 aromatic carbocycles. The maximum Gasteiger partial charge on any atom is 0.407 e. The Hall–Kier alpha value is -2.08. The highest BCUT2D eigenvalue weighted by atomic mass is 16.5. The van der Waals surface area contributed by atoms with Gasteiger partial charge in [0.1, 0.15) is 6.10 Å². The molecule has 0 aromatic heterocycles. The lowest BCUT2D eigenvalue weighted by Gasteiger charge is -2.35. The van der Waals surface area contributed by atoms with E-state index in [4.69, 9.17) is 4.74 Å². The van der Waals surface area contributed by atoms with E-state index in [-0.39, 0.29) is 18.6 Å². The number of amides is 2. The molecule has 0 spiro atoms. The third-order valence-corrected chi connectivity index (χ3v) is 3.85. The van der Waals surface area contributed by atoms with Crippen molar-refractivity contribution < 1.29 is 19.4 Å². The summed E-state index contributed by atoms with van der Waals surface area (Å²) in [4.78, 5) is 26.3. The minimum atomic E-state index is -0.963. The second-order valence-corrected chi connectivity index (χ2v) is 5.68. The van der Waals surface area contributed by atoms with Gasteiger partial charge in [-0.1, -0.05) is 30.3 Å². The van der Waals surface area contributed by atoms with Gasteiger partial charge in [0, 0.05) is 20.6 Å². The third kappa shape index (κ3) is 3.98. The van der Waals surface area contributed by atoms with Crippen LogP contribution in [0.1, 0.15) is 18.4 Å². The molecule has 0 radical (unpaired) electrons. The molecule has 120 valence electrons. The van der Waals surface area contributed by atoms with Crippen LogP contribution in [0, 0.1) is 0 Å². The van der Waals surface area contributed by atoms with Gasteiger partial charge in [-0.3, -0.25) is 9.69 Å². The average molecular weight is 306 g/mol. The fourth-order valence-electron chi connectivity index (χ4n) is 2.60. The van der Waals surface area contributed by atoms with Crippen LogP contribution in [-0.2, 0) is 16.1 Å². The van der Waals surface area contributed by atoms with Gasteiger partial charge < -0.3 is 14.7 Å². The molecule has 0 saturated carbocycles. The Bertz CT molecular complexity index is 510. The number of hydrogen-bond acceptors (Lipinski definition) is 3. The SMILES string of the molecule is CN(C)C(=O)[C@@H]1CC[C@@H](N(Cc2ccccc2)C(=O)O)CO1. The summed E-state index contributed by atoms with van der Waals surface area (Å²) in [7, 11) is 3.38. The maximum absolute atomic E-state index is 11.9. The first-order valence-electron chi connectivity index (χ1n) is 7.35. The summed E-state index contributed by atoms with van der Waals surface area (Å²) in [6, 6.07) is 9.26. The van der Waals surface area contributed by atoms with E-state index in [0.29, 0.717) is 19.4 Å². The summed E-state index contributed by atoms with van der Waals surface area (Å²) < 4.78 is 5.59. The van der Waals surface area contributed by atoms with Gasteiger partial charge in [-0.05, 0) is 18.4 Å². The number of ether oxygens (including phenoxy) is 1. The van der Waals surface area contributed by atoms with Gasteiger partial charge in [0.2, 0.25) is 0 Å². The van der Waals surface area contributed by atoms with Crippen molar-refractivity contribution in [3.05, 3.63) is 35.9 Å². The van der Waals surface area contributed by atoms with Crippen LogP contribution in [0.15, 0.2) is 30.3 Å². The van der Waals surface area contributed by atoms with Crippen LogP contribution in [-0.4, -0.2) is 59.8 Å². The Labute approximate surface area is 130 Å². The number of carboxylic acid groups (broad SMARTS) is 1. The third-order valence-electron chi connectivity index (χ3n) is 3.85. The largest absolute Gasteiger partial charge is 0.465 e. The van der Waals surface area contributed by atoms with Crippen molar-refractivity contribution in [2.24, 2.45) is 0 Å². The lowest BCUT2D eigenvalue weighted by molar-refractivity contribution is -0.146. The first-order valence-corrected chi connectivity index (χ1v) is 7.35. The van der Waals surface area contributed by atoms with Crippen LogP contribution in [0.3, 0.4) is 0 Å². The Morgan fingerprint density at radius 2 is 1.91 bits per heavy atom. The molecule has 0 bridgehead atoms. The number of nitrogens with zero attached hydrogens (tertiary/aromatic N) is 2. The van der Waals surface area contributed by atoms with Crippen molar-refractivity contribution in [1.82, 2.24) is 9.80 Å². The molecule has 6 heteroatoms. The normalized spacial score (nSPS) is 21.2. The highest BCUT2D eigenvalue weighted by molar-refractivity contribution is 5.80. The number of carbonyl (C=O) groups excluding carboxylic acids is 1. The molecule has 1 aromatic rings. The molecule has 1 aliphatic rings. The Morgan fingerprint density at radius 1 is 1.23 bits per heavy atom. The minimum Gasteiger partial charge on any atom is -0.465 e. The summed E-state index contributed by atoms with van der Waals surface area (Å²) in [5.41, 5.74) is 0.941. The molecule has 1 aliphatic heterocycles. The molecule has 2 amide bonds. The van der Waals surface area contributed by atoms with Gasteiger partial charge >= 0.3 is 6.09 Å². The molecule has 0 aliphatic carbocycles. The molecular formula is C16H22N2O4. The summed E-state index contributed by atoms with van der Waals surface area (Å²) in [5, 5.41) is 9.45. The van der Waals surface area contributed by atoms with Gasteiger partial charge in [-0.2, -0.15) is 0 Å². The summed E-state index contributed by atoms with van der Waals surface area (Å²) >= 11 is 0. The second kappa shape index (κ2) is 7.26. The van der Waals surface area contributed by atoms with Crippen molar-refractivity contribution in [2.45, 2.75) is 31.5 Å². The van der Waals surface area contributed by atoms with Crippen LogP contribution in [0.25, 0.3) is 0 Å². The van der Waals surface area contributed by atoms with Crippen LogP contribution in [0.4, 0.5) is 4.79 Å². The molecule has 22 heavy (non-hydrogen) atoms. The highest BCUT2D eigenvalue weighted by Gasteiger charge is 2.32. The maximum atomic E-state index is 11.9. The first-order chi connectivity index (χ1) is 10.5. The van der Waals surface area contributed by atoms with Crippen LogP contribution in [0.2, 0.25) is 0 Å². The number of hydrogen-bond donors (Lipinski definition) is 1. The van der Waals surface area contributed by atoms with Crippen molar-refractivity contribution in [3.8, 4) is 0 Å². The molecule has 1 N–H and O–H groups in total. The predicted molar refractivity (Wildman–Crippen MR) is 81.5 cm³/mol. The van der Waals surface area contributed by atoms with E-state index in [2.05, 4.69) is 0 Å². The zero-order chi connectivity index (χ0) is 16.1. The van der Waals surface area contributed by atoms with Gasteiger partial charge in [0.15, 0.2) is 0 Å². The van der Waals surface area contributed by atoms with E-state index in [1.807, 2.05) is 30.3 Å². The van der Waals surface area contributed by atoms with E-state index in [9.17, 15) is 14.7 Å². The number of carbonyl (C=O) groups is 2. The standard InChI is InChI=1S/C16H22N2O4/c1-17(2)15(19)14-9-8-13(11-22-14)18(16(20)21)10-12-6-4-3-5-7-12/h3-7,13-14H,8-11H2,1-2H3,(H,20,21)/t13-,14+/m1/s1. The molecule has 0 unspecified atom stereocenters. The van der Waals surface area contributed by atoms with E-state index < -0.39 is 12.2 Å². The van der Waals surface area contributed by atoms with Gasteiger partial charge in [-0.15, -0.1) is 0 Å². The van der Waals surface area contributed by atoms with E-state index in [1.165, 1.54) is 9.80 Å². The predicted octanol–water partition coefficient (Wildman–Crippen LogP) is 1.80. The molecule has 1 saturated heterocycles.